The molecule has 2 heterocycles. The second kappa shape index (κ2) is 8.38. The number of imide groups is 1. The predicted molar refractivity (Wildman–Crippen MR) is 123 cm³/mol. The number of carbonyl (C=O) groups is 2. The van der Waals surface area contributed by atoms with Crippen molar-refractivity contribution in [2.24, 2.45) is 0 Å². The largest absolute Gasteiger partial charge is 0.341 e. The van der Waals surface area contributed by atoms with Crippen molar-refractivity contribution >= 4 is 23.2 Å². The second-order valence-electron chi connectivity index (χ2n) is 8.31. The Kier molecular flexibility index (Phi) is 5.29. The topological polar surface area (TPSA) is 40.6 Å². The summed E-state index contributed by atoms with van der Waals surface area (Å²) in [6.07, 6.45) is 4.99. The standard InChI is InChI=1S/C27H26N2O2/c30-26-22-13-5-6-14-23(22)27(31)29(26)18-10-2-1-9-17-28-24-15-7-3-11-20(24)19-21-12-4-8-16-25(21)28/h3-8,11-16H,1-2,9-10,17-19H2. The molecule has 2 amide bonds. The van der Waals surface area contributed by atoms with Crippen LogP contribution in [0.2, 0.25) is 0 Å². The summed E-state index contributed by atoms with van der Waals surface area (Å²) in [6, 6.07) is 24.4. The molecule has 0 spiro atoms. The lowest BCUT2D eigenvalue weighted by atomic mass is 9.95. The van der Waals surface area contributed by atoms with Gasteiger partial charge in [0.05, 0.1) is 11.1 Å². The normalized spacial score (nSPS) is 14.5. The molecule has 0 atom stereocenters. The third-order valence-electron chi connectivity index (χ3n) is 6.34. The first-order valence-electron chi connectivity index (χ1n) is 11.1. The van der Waals surface area contributed by atoms with Gasteiger partial charge in [-0.25, -0.2) is 0 Å². The van der Waals surface area contributed by atoms with Gasteiger partial charge in [-0.15, -0.1) is 0 Å². The van der Waals surface area contributed by atoms with Crippen molar-refractivity contribution in [3.05, 3.63) is 95.1 Å². The van der Waals surface area contributed by atoms with Gasteiger partial charge in [0.2, 0.25) is 0 Å². The van der Waals surface area contributed by atoms with Crippen LogP contribution in [-0.2, 0) is 6.42 Å². The van der Waals surface area contributed by atoms with E-state index in [9.17, 15) is 9.59 Å². The van der Waals surface area contributed by atoms with Gasteiger partial charge in [-0.1, -0.05) is 61.4 Å². The highest BCUT2D eigenvalue weighted by atomic mass is 16.2. The fraction of sp³-hybridized carbons (Fsp3) is 0.259. The van der Waals surface area contributed by atoms with Gasteiger partial charge in [0.1, 0.15) is 0 Å². The van der Waals surface area contributed by atoms with Crippen LogP contribution in [0.15, 0.2) is 72.8 Å². The Labute approximate surface area is 183 Å². The number of carbonyl (C=O) groups excluding carboxylic acids is 2. The Hall–Kier alpha value is -3.40. The summed E-state index contributed by atoms with van der Waals surface area (Å²) in [6.45, 7) is 1.47. The zero-order chi connectivity index (χ0) is 21.2. The van der Waals surface area contributed by atoms with Crippen LogP contribution < -0.4 is 4.90 Å². The summed E-state index contributed by atoms with van der Waals surface area (Å²) in [5.74, 6) is -0.302. The number of hydrogen-bond acceptors (Lipinski definition) is 3. The molecule has 0 aliphatic carbocycles. The number of nitrogens with zero attached hydrogens (tertiary/aromatic N) is 2. The van der Waals surface area contributed by atoms with Crippen LogP contribution in [0, 0.1) is 0 Å². The molecule has 156 valence electrons. The zero-order valence-corrected chi connectivity index (χ0v) is 17.6. The quantitative estimate of drug-likeness (QED) is 0.377. The van der Waals surface area contributed by atoms with Crippen LogP contribution in [-0.4, -0.2) is 29.8 Å². The molecule has 2 aliphatic rings. The number of hydrogen-bond donors (Lipinski definition) is 0. The molecule has 3 aromatic rings. The van der Waals surface area contributed by atoms with Crippen LogP contribution in [0.5, 0.6) is 0 Å². The van der Waals surface area contributed by atoms with Gasteiger partial charge >= 0.3 is 0 Å². The van der Waals surface area contributed by atoms with E-state index in [2.05, 4.69) is 53.4 Å². The van der Waals surface area contributed by atoms with Crippen LogP contribution in [0.4, 0.5) is 11.4 Å². The minimum Gasteiger partial charge on any atom is -0.341 e. The fourth-order valence-electron chi connectivity index (χ4n) is 4.76. The van der Waals surface area contributed by atoms with Crippen LogP contribution in [0.1, 0.15) is 57.5 Å². The number of fused-ring (bicyclic) bond motifs is 3. The number of anilines is 2. The molecule has 31 heavy (non-hydrogen) atoms. The summed E-state index contributed by atoms with van der Waals surface area (Å²) >= 11 is 0. The minimum atomic E-state index is -0.151. The first kappa shape index (κ1) is 19.6. The average molecular weight is 411 g/mol. The molecule has 0 bridgehead atoms. The van der Waals surface area contributed by atoms with E-state index in [0.717, 1.165) is 38.6 Å². The van der Waals surface area contributed by atoms with Crippen molar-refractivity contribution in [3.8, 4) is 0 Å². The van der Waals surface area contributed by atoms with Crippen molar-refractivity contribution in [2.45, 2.75) is 32.1 Å². The number of para-hydroxylation sites is 2. The maximum atomic E-state index is 12.5. The maximum absolute atomic E-state index is 12.5. The van der Waals surface area contributed by atoms with E-state index in [1.165, 1.54) is 27.4 Å². The Morgan fingerprint density at radius 3 is 1.55 bits per heavy atom. The van der Waals surface area contributed by atoms with Gasteiger partial charge in [0.25, 0.3) is 11.8 Å². The van der Waals surface area contributed by atoms with Gasteiger partial charge in [-0.2, -0.15) is 0 Å². The second-order valence-corrected chi connectivity index (χ2v) is 8.31. The number of unbranched alkanes of at least 4 members (excludes halogenated alkanes) is 3. The molecule has 0 unspecified atom stereocenters. The first-order chi connectivity index (χ1) is 15.2. The summed E-state index contributed by atoms with van der Waals surface area (Å²) in [4.78, 5) is 28.8. The van der Waals surface area contributed by atoms with E-state index in [1.54, 1.807) is 12.1 Å². The highest BCUT2D eigenvalue weighted by Crippen LogP contribution is 2.38. The van der Waals surface area contributed by atoms with Crippen molar-refractivity contribution in [2.75, 3.05) is 18.0 Å². The Bertz CT molecular complexity index is 1060. The molecule has 0 aromatic heterocycles. The molecular weight excluding hydrogens is 384 g/mol. The van der Waals surface area contributed by atoms with E-state index in [1.807, 2.05) is 12.1 Å². The molecule has 3 aromatic carbocycles. The van der Waals surface area contributed by atoms with Crippen LogP contribution in [0.3, 0.4) is 0 Å². The van der Waals surface area contributed by atoms with E-state index < -0.39 is 0 Å². The molecule has 0 radical (unpaired) electrons. The monoisotopic (exact) mass is 410 g/mol. The van der Waals surface area contributed by atoms with E-state index >= 15 is 0 Å². The summed E-state index contributed by atoms with van der Waals surface area (Å²) < 4.78 is 0. The molecule has 2 aliphatic heterocycles. The molecule has 4 nitrogen and oxygen atoms in total. The smallest absolute Gasteiger partial charge is 0.261 e. The molecule has 5 rings (SSSR count). The summed E-state index contributed by atoms with van der Waals surface area (Å²) in [5, 5.41) is 0. The van der Waals surface area contributed by atoms with Gasteiger partial charge in [0, 0.05) is 30.9 Å². The van der Waals surface area contributed by atoms with Crippen LogP contribution in [0.25, 0.3) is 0 Å². The van der Waals surface area contributed by atoms with E-state index in [4.69, 9.17) is 0 Å². The van der Waals surface area contributed by atoms with E-state index in [0.29, 0.717) is 17.7 Å². The Balaban J connectivity index is 1.15. The SMILES string of the molecule is O=C1c2ccccc2C(=O)N1CCCCCCN1c2ccccc2Cc2ccccc21. The van der Waals surface area contributed by atoms with Crippen molar-refractivity contribution < 1.29 is 9.59 Å². The maximum Gasteiger partial charge on any atom is 0.261 e. The van der Waals surface area contributed by atoms with Gasteiger partial charge < -0.3 is 4.90 Å². The lowest BCUT2D eigenvalue weighted by Crippen LogP contribution is -2.30. The highest BCUT2D eigenvalue weighted by Gasteiger charge is 2.34. The lowest BCUT2D eigenvalue weighted by Gasteiger charge is -2.33. The molecule has 0 fully saturated rings. The minimum absolute atomic E-state index is 0.151. The van der Waals surface area contributed by atoms with Crippen molar-refractivity contribution in [3.63, 3.8) is 0 Å². The summed E-state index contributed by atoms with van der Waals surface area (Å²) in [7, 11) is 0. The van der Waals surface area contributed by atoms with Crippen molar-refractivity contribution in [1.29, 1.82) is 0 Å². The first-order valence-corrected chi connectivity index (χ1v) is 11.1. The third-order valence-corrected chi connectivity index (χ3v) is 6.34. The van der Waals surface area contributed by atoms with Crippen molar-refractivity contribution in [1.82, 2.24) is 4.90 Å². The fourth-order valence-corrected chi connectivity index (χ4v) is 4.76. The molecule has 4 heteroatoms. The van der Waals surface area contributed by atoms with Gasteiger partial charge in [-0.3, -0.25) is 14.5 Å². The Morgan fingerprint density at radius 1 is 0.548 bits per heavy atom. The van der Waals surface area contributed by atoms with Gasteiger partial charge in [-0.05, 0) is 48.2 Å². The zero-order valence-electron chi connectivity index (χ0n) is 17.6. The molecular formula is C27H26N2O2. The molecule has 0 saturated carbocycles. The number of amides is 2. The summed E-state index contributed by atoms with van der Waals surface area (Å²) in [5.41, 5.74) is 6.46. The van der Waals surface area contributed by atoms with Gasteiger partial charge in [0.15, 0.2) is 0 Å². The number of benzene rings is 3. The van der Waals surface area contributed by atoms with Crippen LogP contribution >= 0.6 is 0 Å². The predicted octanol–water partition coefficient (Wildman–Crippen LogP) is 5.59. The highest BCUT2D eigenvalue weighted by molar-refractivity contribution is 6.21. The third kappa shape index (κ3) is 3.63. The average Bonchev–Trinajstić information content (AvgIpc) is 3.05. The molecule has 0 saturated heterocycles. The van der Waals surface area contributed by atoms with E-state index in [-0.39, 0.29) is 11.8 Å². The Morgan fingerprint density at radius 2 is 1.00 bits per heavy atom. The molecule has 0 N–H and O–H groups in total. The number of rotatable bonds is 7. The lowest BCUT2D eigenvalue weighted by molar-refractivity contribution is 0.0651.